The average Bonchev–Trinajstić information content (AvgIpc) is 2.66. The number of aliphatic hydroxyl groups excluding tert-OH is 1. The molecule has 2 atom stereocenters. The Morgan fingerprint density at radius 3 is 3.00 bits per heavy atom. The van der Waals surface area contributed by atoms with Crippen LogP contribution in [-0.4, -0.2) is 41.3 Å². The number of aliphatic hydroxyl groups is 1. The summed E-state index contributed by atoms with van der Waals surface area (Å²) in [6.07, 6.45) is 2.72. The van der Waals surface area contributed by atoms with Gasteiger partial charge in [-0.25, -0.2) is 4.79 Å². The fraction of sp³-hybridized carbons (Fsp3) is 0.900. The highest BCUT2D eigenvalue weighted by Gasteiger charge is 2.15. The van der Waals surface area contributed by atoms with Crippen molar-refractivity contribution in [1.29, 1.82) is 0 Å². The Morgan fingerprint density at radius 1 is 1.60 bits per heavy atom. The quantitative estimate of drug-likeness (QED) is 0.661. The molecule has 5 heteroatoms. The van der Waals surface area contributed by atoms with Crippen molar-refractivity contribution >= 4 is 17.8 Å². The van der Waals surface area contributed by atoms with Crippen molar-refractivity contribution in [2.45, 2.75) is 37.5 Å². The van der Waals surface area contributed by atoms with E-state index in [0.29, 0.717) is 18.2 Å². The number of carbonyl (C=O) groups excluding carboxylic acids is 1. The molecule has 15 heavy (non-hydrogen) atoms. The lowest BCUT2D eigenvalue weighted by molar-refractivity contribution is 0.183. The first-order valence-corrected chi connectivity index (χ1v) is 6.54. The Bertz CT molecular complexity index is 194. The van der Waals surface area contributed by atoms with Crippen molar-refractivity contribution < 1.29 is 9.90 Å². The van der Waals surface area contributed by atoms with Crippen LogP contribution in [0.3, 0.4) is 0 Å². The molecule has 2 unspecified atom stereocenters. The van der Waals surface area contributed by atoms with Gasteiger partial charge in [-0.3, -0.25) is 0 Å². The summed E-state index contributed by atoms with van der Waals surface area (Å²) in [4.78, 5) is 11.3. The molecule has 0 saturated carbocycles. The summed E-state index contributed by atoms with van der Waals surface area (Å²) in [5.74, 6) is 1.22. The molecular weight excluding hydrogens is 212 g/mol. The predicted molar refractivity (Wildman–Crippen MR) is 63.2 cm³/mol. The molecule has 1 heterocycles. The van der Waals surface area contributed by atoms with Gasteiger partial charge in [-0.15, -0.1) is 0 Å². The van der Waals surface area contributed by atoms with Crippen LogP contribution in [0.2, 0.25) is 0 Å². The first-order chi connectivity index (χ1) is 7.18. The summed E-state index contributed by atoms with van der Waals surface area (Å²) in [5.41, 5.74) is 0. The predicted octanol–water partition coefficient (Wildman–Crippen LogP) is 0.952. The maximum atomic E-state index is 11.3. The zero-order chi connectivity index (χ0) is 11.1. The first-order valence-electron chi connectivity index (χ1n) is 5.50. The monoisotopic (exact) mass is 232 g/mol. The smallest absolute Gasteiger partial charge is 0.314 e. The van der Waals surface area contributed by atoms with Gasteiger partial charge in [0.15, 0.2) is 0 Å². The molecule has 88 valence electrons. The summed E-state index contributed by atoms with van der Waals surface area (Å²) < 4.78 is 0. The van der Waals surface area contributed by atoms with Crippen molar-refractivity contribution in [2.75, 3.05) is 18.8 Å². The molecule has 2 amide bonds. The molecule has 1 fully saturated rings. The summed E-state index contributed by atoms with van der Waals surface area (Å²) in [6.45, 7) is 3.00. The highest BCUT2D eigenvalue weighted by molar-refractivity contribution is 8.00. The molecule has 0 aliphatic carbocycles. The van der Waals surface area contributed by atoms with E-state index in [9.17, 15) is 4.79 Å². The van der Waals surface area contributed by atoms with E-state index in [1.807, 2.05) is 11.8 Å². The van der Waals surface area contributed by atoms with Crippen molar-refractivity contribution in [3.8, 4) is 0 Å². The minimum atomic E-state index is -0.351. The Morgan fingerprint density at radius 2 is 2.40 bits per heavy atom. The van der Waals surface area contributed by atoms with Crippen LogP contribution in [0.5, 0.6) is 0 Å². The molecule has 0 aromatic heterocycles. The lowest BCUT2D eigenvalue weighted by atomic mass is 10.2. The zero-order valence-corrected chi connectivity index (χ0v) is 9.98. The maximum absolute atomic E-state index is 11.3. The van der Waals surface area contributed by atoms with E-state index in [4.69, 9.17) is 5.11 Å². The van der Waals surface area contributed by atoms with Gasteiger partial charge in [-0.05, 0) is 31.9 Å². The number of nitrogens with one attached hydrogen (secondary N) is 2. The van der Waals surface area contributed by atoms with Crippen LogP contribution in [-0.2, 0) is 0 Å². The average molecular weight is 232 g/mol. The van der Waals surface area contributed by atoms with Crippen LogP contribution in [0, 0.1) is 0 Å². The normalized spacial score (nSPS) is 22.4. The largest absolute Gasteiger partial charge is 0.393 e. The standard InChI is InChI=1S/C10H20N2O2S/c1-8(13)4-5-11-10(14)12-7-9-3-2-6-15-9/h8-9,13H,2-7H2,1H3,(H2,11,12,14). The van der Waals surface area contributed by atoms with E-state index < -0.39 is 0 Å². The molecule has 1 saturated heterocycles. The Labute approximate surface area is 95.2 Å². The van der Waals surface area contributed by atoms with Gasteiger partial charge in [0.2, 0.25) is 0 Å². The fourth-order valence-corrected chi connectivity index (χ4v) is 2.67. The maximum Gasteiger partial charge on any atom is 0.314 e. The Balaban J connectivity index is 1.98. The molecule has 1 rings (SSSR count). The number of rotatable bonds is 5. The second kappa shape index (κ2) is 6.95. The van der Waals surface area contributed by atoms with Gasteiger partial charge >= 0.3 is 6.03 Å². The number of amides is 2. The number of carbonyl (C=O) groups is 1. The van der Waals surface area contributed by atoms with Crippen LogP contribution >= 0.6 is 11.8 Å². The number of urea groups is 1. The molecule has 0 bridgehead atoms. The van der Waals surface area contributed by atoms with E-state index in [-0.39, 0.29) is 12.1 Å². The van der Waals surface area contributed by atoms with Gasteiger partial charge in [-0.2, -0.15) is 11.8 Å². The van der Waals surface area contributed by atoms with E-state index in [2.05, 4.69) is 10.6 Å². The van der Waals surface area contributed by atoms with Crippen molar-refractivity contribution in [1.82, 2.24) is 10.6 Å². The van der Waals surface area contributed by atoms with Gasteiger partial charge < -0.3 is 15.7 Å². The van der Waals surface area contributed by atoms with Crippen LogP contribution in [0.4, 0.5) is 4.79 Å². The third-order valence-electron chi connectivity index (χ3n) is 2.36. The van der Waals surface area contributed by atoms with Gasteiger partial charge in [0.1, 0.15) is 0 Å². The summed E-state index contributed by atoms with van der Waals surface area (Å²) in [6, 6.07) is -0.122. The minimum absolute atomic E-state index is 0.122. The summed E-state index contributed by atoms with van der Waals surface area (Å²) >= 11 is 1.93. The van der Waals surface area contributed by atoms with Crippen LogP contribution < -0.4 is 10.6 Å². The van der Waals surface area contributed by atoms with Gasteiger partial charge in [0.05, 0.1) is 6.10 Å². The third kappa shape index (κ3) is 5.89. The molecule has 3 N–H and O–H groups in total. The van der Waals surface area contributed by atoms with Crippen LogP contribution in [0.25, 0.3) is 0 Å². The van der Waals surface area contributed by atoms with E-state index in [1.165, 1.54) is 18.6 Å². The van der Waals surface area contributed by atoms with Crippen molar-refractivity contribution in [2.24, 2.45) is 0 Å². The van der Waals surface area contributed by atoms with Crippen molar-refractivity contribution in [3.63, 3.8) is 0 Å². The fourth-order valence-electron chi connectivity index (χ4n) is 1.47. The highest BCUT2D eigenvalue weighted by Crippen LogP contribution is 2.25. The Hall–Kier alpha value is -0.420. The first kappa shape index (κ1) is 12.6. The number of thioether (sulfide) groups is 1. The summed E-state index contributed by atoms with van der Waals surface area (Å²) in [7, 11) is 0. The molecule has 4 nitrogen and oxygen atoms in total. The second-order valence-electron chi connectivity index (χ2n) is 3.91. The molecule has 0 aromatic rings. The minimum Gasteiger partial charge on any atom is -0.393 e. The molecular formula is C10H20N2O2S. The van der Waals surface area contributed by atoms with E-state index >= 15 is 0 Å². The van der Waals surface area contributed by atoms with Gasteiger partial charge in [0, 0.05) is 18.3 Å². The zero-order valence-electron chi connectivity index (χ0n) is 9.16. The Kier molecular flexibility index (Phi) is 5.86. The topological polar surface area (TPSA) is 61.4 Å². The lowest BCUT2D eigenvalue weighted by Crippen LogP contribution is -2.39. The highest BCUT2D eigenvalue weighted by atomic mass is 32.2. The number of hydrogen-bond acceptors (Lipinski definition) is 3. The SMILES string of the molecule is CC(O)CCNC(=O)NCC1CCCS1. The van der Waals surface area contributed by atoms with Crippen molar-refractivity contribution in [3.05, 3.63) is 0 Å². The third-order valence-corrected chi connectivity index (χ3v) is 3.76. The molecule has 0 radical (unpaired) electrons. The summed E-state index contributed by atoms with van der Waals surface area (Å²) in [5, 5.41) is 15.1. The molecule has 0 spiro atoms. The van der Waals surface area contributed by atoms with Crippen LogP contribution in [0.15, 0.2) is 0 Å². The molecule has 0 aromatic carbocycles. The van der Waals surface area contributed by atoms with Gasteiger partial charge in [0.25, 0.3) is 0 Å². The van der Waals surface area contributed by atoms with E-state index in [0.717, 1.165) is 6.54 Å². The second-order valence-corrected chi connectivity index (χ2v) is 5.32. The lowest BCUT2D eigenvalue weighted by Gasteiger charge is -2.11. The van der Waals surface area contributed by atoms with E-state index in [1.54, 1.807) is 6.92 Å². The molecule has 1 aliphatic heterocycles. The van der Waals surface area contributed by atoms with Gasteiger partial charge in [-0.1, -0.05) is 0 Å². The van der Waals surface area contributed by atoms with Crippen LogP contribution in [0.1, 0.15) is 26.2 Å². The molecule has 1 aliphatic rings. The number of hydrogen-bond donors (Lipinski definition) is 3.